The molecule has 0 heterocycles. The summed E-state index contributed by atoms with van der Waals surface area (Å²) in [5, 5.41) is 2.08. The third kappa shape index (κ3) is 5.78. The molecule has 5 nitrogen and oxygen atoms in total. The van der Waals surface area contributed by atoms with Gasteiger partial charge in [-0.3, -0.25) is 4.79 Å². The summed E-state index contributed by atoms with van der Waals surface area (Å²) in [6.07, 6.45) is 0. The lowest BCUT2D eigenvalue weighted by Crippen LogP contribution is -2.34. The van der Waals surface area contributed by atoms with Gasteiger partial charge in [0.05, 0.1) is 0 Å². The second-order valence-corrected chi connectivity index (χ2v) is 6.50. The summed E-state index contributed by atoms with van der Waals surface area (Å²) in [6, 6.07) is 19.4. The van der Waals surface area contributed by atoms with Crippen LogP contribution < -0.4 is 4.74 Å². The summed E-state index contributed by atoms with van der Waals surface area (Å²) in [4.78, 5) is 25.7. The van der Waals surface area contributed by atoms with E-state index in [0.29, 0.717) is 17.9 Å². The van der Waals surface area contributed by atoms with E-state index >= 15 is 0 Å². The van der Waals surface area contributed by atoms with Gasteiger partial charge in [-0.05, 0) is 47.5 Å². The van der Waals surface area contributed by atoms with Crippen molar-refractivity contribution < 1.29 is 23.5 Å². The van der Waals surface area contributed by atoms with Gasteiger partial charge in [-0.15, -0.1) is 0 Å². The number of halogens is 1. The van der Waals surface area contributed by atoms with Crippen LogP contribution in [0.4, 0.5) is 4.39 Å². The van der Waals surface area contributed by atoms with Crippen molar-refractivity contribution in [3.63, 3.8) is 0 Å². The van der Waals surface area contributed by atoms with Gasteiger partial charge in [0, 0.05) is 13.1 Å². The Morgan fingerprint density at radius 3 is 2.48 bits per heavy atom. The molecule has 0 saturated carbocycles. The number of carbonyl (C=O) groups is 2. The van der Waals surface area contributed by atoms with Gasteiger partial charge in [0.15, 0.2) is 13.2 Å². The van der Waals surface area contributed by atoms with Crippen LogP contribution in [0.15, 0.2) is 66.7 Å². The quantitative estimate of drug-likeness (QED) is 0.542. The van der Waals surface area contributed by atoms with Crippen LogP contribution in [0.25, 0.3) is 10.8 Å². The molecule has 0 radical (unpaired) electrons. The van der Waals surface area contributed by atoms with E-state index in [2.05, 4.69) is 0 Å². The number of ether oxygens (including phenoxy) is 2. The Kier molecular flexibility index (Phi) is 6.79. The average Bonchev–Trinajstić information content (AvgIpc) is 2.74. The molecule has 0 saturated heterocycles. The minimum Gasteiger partial charge on any atom is -0.482 e. The zero-order chi connectivity index (χ0) is 20.6. The monoisotopic (exact) mass is 395 g/mol. The lowest BCUT2D eigenvalue weighted by molar-refractivity contribution is -0.153. The fraction of sp³-hybridized carbons (Fsp3) is 0.217. The molecule has 0 spiro atoms. The Labute approximate surface area is 168 Å². The summed E-state index contributed by atoms with van der Waals surface area (Å²) < 4.78 is 23.8. The maximum atomic E-state index is 13.3. The van der Waals surface area contributed by atoms with Crippen LogP contribution in [0.2, 0.25) is 0 Å². The first-order valence-corrected chi connectivity index (χ1v) is 9.34. The smallest absolute Gasteiger partial charge is 0.344 e. The molecule has 0 aromatic heterocycles. The normalized spacial score (nSPS) is 10.6. The Morgan fingerprint density at radius 1 is 0.931 bits per heavy atom. The highest BCUT2D eigenvalue weighted by Gasteiger charge is 2.15. The highest BCUT2D eigenvalue weighted by molar-refractivity contribution is 5.84. The van der Waals surface area contributed by atoms with Crippen LogP contribution in [0.3, 0.4) is 0 Å². The summed E-state index contributed by atoms with van der Waals surface area (Å²) in [6.45, 7) is 1.80. The van der Waals surface area contributed by atoms with E-state index in [1.807, 2.05) is 43.3 Å². The molecule has 3 rings (SSSR count). The van der Waals surface area contributed by atoms with Gasteiger partial charge < -0.3 is 14.4 Å². The van der Waals surface area contributed by atoms with Crippen molar-refractivity contribution in [1.29, 1.82) is 0 Å². The molecule has 0 bridgehead atoms. The number of benzene rings is 3. The van der Waals surface area contributed by atoms with Gasteiger partial charge in [-0.25, -0.2) is 9.18 Å². The number of nitrogens with zero attached hydrogens (tertiary/aromatic N) is 1. The van der Waals surface area contributed by atoms with Gasteiger partial charge in [0.25, 0.3) is 5.91 Å². The highest BCUT2D eigenvalue weighted by atomic mass is 19.1. The number of likely N-dealkylation sites (N-methyl/N-ethyl adjacent to an activating group) is 1. The zero-order valence-corrected chi connectivity index (χ0v) is 16.1. The van der Waals surface area contributed by atoms with Crippen molar-refractivity contribution in [2.75, 3.05) is 19.8 Å². The number of fused-ring (bicyclic) bond motifs is 1. The first-order chi connectivity index (χ1) is 14.0. The Morgan fingerprint density at radius 2 is 1.72 bits per heavy atom. The van der Waals surface area contributed by atoms with Crippen LogP contribution in [0.5, 0.6) is 5.75 Å². The summed E-state index contributed by atoms with van der Waals surface area (Å²) in [5.41, 5.74) is 0.672. The molecule has 29 heavy (non-hydrogen) atoms. The molecule has 0 aliphatic carbocycles. The van der Waals surface area contributed by atoms with E-state index in [-0.39, 0.29) is 31.5 Å². The van der Waals surface area contributed by atoms with Gasteiger partial charge >= 0.3 is 5.97 Å². The number of carbonyl (C=O) groups excluding carboxylic acids is 2. The number of esters is 1. The third-order valence-electron chi connectivity index (χ3n) is 4.43. The predicted octanol–water partition coefficient (Wildman–Crippen LogP) is 3.95. The fourth-order valence-electron chi connectivity index (χ4n) is 2.91. The Bertz CT molecular complexity index is 1000. The van der Waals surface area contributed by atoms with Gasteiger partial charge in [0.1, 0.15) is 11.6 Å². The SMILES string of the molecule is CCN(Cc1cccc(F)c1)C(=O)COC(=O)COc1ccc2ccccc2c1. The van der Waals surface area contributed by atoms with Crippen LogP contribution in [0, 0.1) is 5.82 Å². The van der Waals surface area contributed by atoms with E-state index in [0.717, 1.165) is 10.8 Å². The maximum absolute atomic E-state index is 13.3. The second-order valence-electron chi connectivity index (χ2n) is 6.50. The molecule has 0 aliphatic rings. The summed E-state index contributed by atoms with van der Waals surface area (Å²) >= 11 is 0. The molecular formula is C23H22FNO4. The third-order valence-corrected chi connectivity index (χ3v) is 4.43. The van der Waals surface area contributed by atoms with Gasteiger partial charge in [-0.1, -0.05) is 42.5 Å². The molecule has 0 unspecified atom stereocenters. The maximum Gasteiger partial charge on any atom is 0.344 e. The molecular weight excluding hydrogens is 373 g/mol. The van der Waals surface area contributed by atoms with E-state index in [9.17, 15) is 14.0 Å². The number of rotatable bonds is 8. The van der Waals surface area contributed by atoms with Crippen molar-refractivity contribution in [2.24, 2.45) is 0 Å². The molecule has 0 fully saturated rings. The Hall–Kier alpha value is -3.41. The molecule has 0 N–H and O–H groups in total. The number of amides is 1. The topological polar surface area (TPSA) is 55.8 Å². The van der Waals surface area contributed by atoms with E-state index in [4.69, 9.17) is 9.47 Å². The molecule has 0 atom stereocenters. The van der Waals surface area contributed by atoms with E-state index in [1.54, 1.807) is 18.2 Å². The summed E-state index contributed by atoms with van der Waals surface area (Å²) in [7, 11) is 0. The molecule has 1 amide bonds. The van der Waals surface area contributed by atoms with Gasteiger partial charge in [0.2, 0.25) is 0 Å². The van der Waals surface area contributed by atoms with Crippen molar-refractivity contribution in [2.45, 2.75) is 13.5 Å². The number of hydrogen-bond acceptors (Lipinski definition) is 4. The van der Waals surface area contributed by atoms with Gasteiger partial charge in [-0.2, -0.15) is 0 Å². The highest BCUT2D eigenvalue weighted by Crippen LogP contribution is 2.20. The molecule has 0 aliphatic heterocycles. The molecule has 6 heteroatoms. The lowest BCUT2D eigenvalue weighted by Gasteiger charge is -2.21. The molecule has 150 valence electrons. The van der Waals surface area contributed by atoms with Crippen LogP contribution in [-0.2, 0) is 20.9 Å². The summed E-state index contributed by atoms with van der Waals surface area (Å²) in [5.74, 6) is -0.791. The first kappa shape index (κ1) is 20.3. The van der Waals surface area contributed by atoms with Crippen molar-refractivity contribution >= 4 is 22.6 Å². The number of hydrogen-bond donors (Lipinski definition) is 0. The van der Waals surface area contributed by atoms with E-state index in [1.165, 1.54) is 17.0 Å². The standard InChI is InChI=1S/C23H22FNO4/c1-2-25(14-17-6-5-9-20(24)12-17)22(26)15-29-23(27)16-28-21-11-10-18-7-3-4-8-19(18)13-21/h3-13H,2,14-16H2,1H3. The van der Waals surface area contributed by atoms with E-state index < -0.39 is 5.97 Å². The van der Waals surface area contributed by atoms with Crippen LogP contribution in [0.1, 0.15) is 12.5 Å². The minimum atomic E-state index is -0.631. The largest absolute Gasteiger partial charge is 0.482 e. The zero-order valence-electron chi connectivity index (χ0n) is 16.1. The first-order valence-electron chi connectivity index (χ1n) is 9.34. The predicted molar refractivity (Wildman–Crippen MR) is 108 cm³/mol. The fourth-order valence-corrected chi connectivity index (χ4v) is 2.91. The van der Waals surface area contributed by atoms with Crippen molar-refractivity contribution in [1.82, 2.24) is 4.90 Å². The second kappa shape index (κ2) is 9.68. The molecule has 3 aromatic carbocycles. The molecule has 3 aromatic rings. The van der Waals surface area contributed by atoms with Crippen molar-refractivity contribution in [3.8, 4) is 5.75 Å². The van der Waals surface area contributed by atoms with Crippen LogP contribution in [-0.4, -0.2) is 36.5 Å². The average molecular weight is 395 g/mol. The van der Waals surface area contributed by atoms with Crippen LogP contribution >= 0.6 is 0 Å². The minimum absolute atomic E-state index is 0.248. The van der Waals surface area contributed by atoms with Crippen molar-refractivity contribution in [3.05, 3.63) is 78.1 Å². The lowest BCUT2D eigenvalue weighted by atomic mass is 10.1. The Balaban J connectivity index is 1.47.